The van der Waals surface area contributed by atoms with E-state index in [1.807, 2.05) is 22.6 Å². The number of rotatable bonds is 3. The average molecular weight is 373 g/mol. The summed E-state index contributed by atoms with van der Waals surface area (Å²) in [6.07, 6.45) is 1.37. The van der Waals surface area contributed by atoms with Crippen molar-refractivity contribution in [1.82, 2.24) is 4.98 Å². The minimum atomic E-state index is -0.673. The van der Waals surface area contributed by atoms with Crippen molar-refractivity contribution < 1.29 is 13.9 Å². The van der Waals surface area contributed by atoms with Gasteiger partial charge in [-0.3, -0.25) is 4.79 Å². The molecule has 0 aliphatic heterocycles. The van der Waals surface area contributed by atoms with Gasteiger partial charge in [0.05, 0.1) is 3.57 Å². The van der Waals surface area contributed by atoms with Crippen LogP contribution >= 0.6 is 22.6 Å². The van der Waals surface area contributed by atoms with Gasteiger partial charge in [-0.25, -0.2) is 9.37 Å². The van der Waals surface area contributed by atoms with E-state index in [0.29, 0.717) is 15.0 Å². The largest absolute Gasteiger partial charge is 0.453 e. The topological polar surface area (TPSA) is 91.2 Å². The van der Waals surface area contributed by atoms with E-state index in [4.69, 9.17) is 16.2 Å². The Morgan fingerprint density at radius 2 is 2.05 bits per heavy atom. The second-order valence-electron chi connectivity index (χ2n) is 3.63. The highest BCUT2D eigenvalue weighted by Gasteiger charge is 2.14. The van der Waals surface area contributed by atoms with Gasteiger partial charge in [-0.2, -0.15) is 0 Å². The molecule has 5 nitrogen and oxygen atoms in total. The molecular formula is C12H9FIN3O2. The number of pyridine rings is 1. The molecule has 0 atom stereocenters. The molecule has 0 radical (unpaired) electrons. The van der Waals surface area contributed by atoms with Crippen molar-refractivity contribution in [2.75, 3.05) is 5.73 Å². The first-order valence-corrected chi connectivity index (χ1v) is 6.24. The summed E-state index contributed by atoms with van der Waals surface area (Å²) < 4.78 is 19.4. The Morgan fingerprint density at radius 1 is 1.32 bits per heavy atom. The zero-order valence-corrected chi connectivity index (χ0v) is 11.7. The number of primary amides is 1. The number of nitrogens with zero attached hydrogens (tertiary/aromatic N) is 1. The van der Waals surface area contributed by atoms with Gasteiger partial charge in [0.25, 0.3) is 5.91 Å². The maximum absolute atomic E-state index is 13.6. The molecule has 4 N–H and O–H groups in total. The molecule has 1 aromatic heterocycles. The number of halogens is 2. The maximum Gasteiger partial charge on any atom is 0.268 e. The van der Waals surface area contributed by atoms with Gasteiger partial charge >= 0.3 is 0 Å². The lowest BCUT2D eigenvalue weighted by atomic mass is 10.3. The molecule has 0 saturated heterocycles. The highest BCUT2D eigenvalue weighted by atomic mass is 127. The van der Waals surface area contributed by atoms with Crippen LogP contribution in [0.4, 0.5) is 10.1 Å². The molecule has 2 aromatic rings. The summed E-state index contributed by atoms with van der Waals surface area (Å²) in [4.78, 5) is 15.0. The molecule has 2 rings (SSSR count). The van der Waals surface area contributed by atoms with Gasteiger partial charge in [0.1, 0.15) is 11.4 Å². The summed E-state index contributed by atoms with van der Waals surface area (Å²) in [6.45, 7) is 0. The fourth-order valence-electron chi connectivity index (χ4n) is 1.39. The van der Waals surface area contributed by atoms with Crippen LogP contribution in [0.15, 0.2) is 30.5 Å². The third-order valence-corrected chi connectivity index (χ3v) is 3.31. The molecule has 1 heterocycles. The van der Waals surface area contributed by atoms with E-state index in [9.17, 15) is 9.18 Å². The van der Waals surface area contributed by atoms with Crippen molar-refractivity contribution in [2.45, 2.75) is 0 Å². The first kappa shape index (κ1) is 13.5. The second kappa shape index (κ2) is 5.39. The number of aromatic nitrogens is 1. The third kappa shape index (κ3) is 2.92. The van der Waals surface area contributed by atoms with Gasteiger partial charge in [0.15, 0.2) is 11.6 Å². The molecule has 0 aliphatic rings. The van der Waals surface area contributed by atoms with Crippen molar-refractivity contribution in [2.24, 2.45) is 5.73 Å². The Morgan fingerprint density at radius 3 is 2.68 bits per heavy atom. The Labute approximate surface area is 121 Å². The van der Waals surface area contributed by atoms with Crippen molar-refractivity contribution in [3.63, 3.8) is 0 Å². The van der Waals surface area contributed by atoms with Gasteiger partial charge in [0.2, 0.25) is 0 Å². The zero-order chi connectivity index (χ0) is 14.0. The summed E-state index contributed by atoms with van der Waals surface area (Å²) in [5.41, 5.74) is 11.0. The molecule has 0 aliphatic carbocycles. The van der Waals surface area contributed by atoms with Crippen LogP contribution < -0.4 is 16.2 Å². The maximum atomic E-state index is 13.6. The van der Waals surface area contributed by atoms with E-state index in [-0.39, 0.29) is 11.4 Å². The Kier molecular flexibility index (Phi) is 3.84. The molecule has 1 amide bonds. The van der Waals surface area contributed by atoms with Crippen LogP contribution in [0.25, 0.3) is 0 Å². The molecule has 0 fully saturated rings. The smallest absolute Gasteiger partial charge is 0.268 e. The van der Waals surface area contributed by atoms with Crippen LogP contribution in [0.1, 0.15) is 10.5 Å². The van der Waals surface area contributed by atoms with Crippen molar-refractivity contribution in [3.8, 4) is 11.5 Å². The molecule has 1 aromatic carbocycles. The van der Waals surface area contributed by atoms with Crippen LogP contribution in [0, 0.1) is 9.39 Å². The van der Waals surface area contributed by atoms with Crippen LogP contribution in [-0.2, 0) is 0 Å². The highest BCUT2D eigenvalue weighted by molar-refractivity contribution is 14.1. The molecular weight excluding hydrogens is 364 g/mol. The Bertz CT molecular complexity index is 649. The standard InChI is InChI=1S/C12H9FIN3O2/c13-7-5-6(15)1-2-8(7)19-9-3-4-17-11(10(9)14)12(16)18/h1-5H,15H2,(H2,16,18). The number of nitrogens with two attached hydrogens (primary N) is 2. The monoisotopic (exact) mass is 373 g/mol. The van der Waals surface area contributed by atoms with Crippen LogP contribution in [-0.4, -0.2) is 10.9 Å². The number of benzene rings is 1. The second-order valence-corrected chi connectivity index (χ2v) is 4.71. The molecule has 0 saturated carbocycles. The van der Waals surface area contributed by atoms with E-state index in [1.54, 1.807) is 0 Å². The van der Waals surface area contributed by atoms with Gasteiger partial charge in [-0.1, -0.05) is 0 Å². The quantitative estimate of drug-likeness (QED) is 0.638. The lowest BCUT2D eigenvalue weighted by molar-refractivity contribution is 0.0994. The highest BCUT2D eigenvalue weighted by Crippen LogP contribution is 2.30. The predicted octanol–water partition coefficient (Wildman–Crippen LogP) is 2.30. The molecule has 0 unspecified atom stereocenters. The first-order valence-electron chi connectivity index (χ1n) is 5.16. The molecule has 7 heteroatoms. The number of ether oxygens (including phenoxy) is 1. The van der Waals surface area contributed by atoms with Crippen molar-refractivity contribution >= 4 is 34.2 Å². The Hall–Kier alpha value is -1.90. The summed E-state index contributed by atoms with van der Waals surface area (Å²) in [5, 5.41) is 0. The van der Waals surface area contributed by atoms with Crippen molar-refractivity contribution in [3.05, 3.63) is 45.5 Å². The van der Waals surface area contributed by atoms with Gasteiger partial charge in [-0.15, -0.1) is 0 Å². The van der Waals surface area contributed by atoms with Crippen molar-refractivity contribution in [1.29, 1.82) is 0 Å². The first-order chi connectivity index (χ1) is 8.99. The van der Waals surface area contributed by atoms with E-state index >= 15 is 0 Å². The lowest BCUT2D eigenvalue weighted by Crippen LogP contribution is -2.15. The molecule has 98 valence electrons. The Balaban J connectivity index is 2.38. The molecule has 0 spiro atoms. The summed E-state index contributed by atoms with van der Waals surface area (Å²) >= 11 is 1.87. The molecule has 0 bridgehead atoms. The number of nitrogen functional groups attached to an aromatic ring is 1. The number of anilines is 1. The third-order valence-electron chi connectivity index (χ3n) is 2.26. The number of amides is 1. The summed E-state index contributed by atoms with van der Waals surface area (Å²) in [5.74, 6) is -0.956. The van der Waals surface area contributed by atoms with Gasteiger partial charge in [0, 0.05) is 24.0 Å². The lowest BCUT2D eigenvalue weighted by Gasteiger charge is -2.10. The van der Waals surface area contributed by atoms with E-state index < -0.39 is 11.7 Å². The number of hydrogen-bond acceptors (Lipinski definition) is 4. The normalized spacial score (nSPS) is 10.2. The summed E-state index contributed by atoms with van der Waals surface area (Å²) in [6, 6.07) is 5.59. The van der Waals surface area contributed by atoms with Gasteiger partial charge in [-0.05, 0) is 34.7 Å². The average Bonchev–Trinajstić information content (AvgIpc) is 2.34. The van der Waals surface area contributed by atoms with Crippen LogP contribution in [0.2, 0.25) is 0 Å². The van der Waals surface area contributed by atoms with Crippen LogP contribution in [0.3, 0.4) is 0 Å². The van der Waals surface area contributed by atoms with E-state index in [2.05, 4.69) is 4.98 Å². The molecule has 19 heavy (non-hydrogen) atoms. The predicted molar refractivity (Wildman–Crippen MR) is 76.4 cm³/mol. The minimum Gasteiger partial charge on any atom is -0.453 e. The van der Waals surface area contributed by atoms with Crippen LogP contribution in [0.5, 0.6) is 11.5 Å². The number of carbonyl (C=O) groups excluding carboxylic acids is 1. The van der Waals surface area contributed by atoms with E-state index in [1.165, 1.54) is 24.4 Å². The zero-order valence-electron chi connectivity index (χ0n) is 9.56. The fraction of sp³-hybridized carbons (Fsp3) is 0. The minimum absolute atomic E-state index is 0.00809. The number of carbonyl (C=O) groups is 1. The SMILES string of the molecule is NC(=O)c1nccc(Oc2ccc(N)cc2F)c1I. The van der Waals surface area contributed by atoms with E-state index in [0.717, 1.165) is 6.07 Å². The van der Waals surface area contributed by atoms with Gasteiger partial charge < -0.3 is 16.2 Å². The fourth-order valence-corrected chi connectivity index (χ4v) is 2.09. The summed E-state index contributed by atoms with van der Waals surface area (Å²) in [7, 11) is 0. The number of hydrogen-bond donors (Lipinski definition) is 2.